The number of hydrogen-bond donors (Lipinski definition) is 2. The lowest BCUT2D eigenvalue weighted by atomic mass is 10.1. The summed E-state index contributed by atoms with van der Waals surface area (Å²) in [5.41, 5.74) is 6.91. The number of carbonyl (C=O) groups excluding carboxylic acids is 2. The van der Waals surface area contributed by atoms with Gasteiger partial charge < -0.3 is 10.6 Å². The Morgan fingerprint density at radius 2 is 1.69 bits per heavy atom. The molecule has 0 fully saturated rings. The van der Waals surface area contributed by atoms with Gasteiger partial charge in [0, 0.05) is 29.5 Å². The monoisotopic (exact) mass is 433 g/mol. The van der Waals surface area contributed by atoms with Gasteiger partial charge in [0.15, 0.2) is 5.11 Å². The molecule has 3 N–H and O–H groups in total. The number of rotatable bonds is 7. The summed E-state index contributed by atoms with van der Waals surface area (Å²) >= 11 is 8.71. The van der Waals surface area contributed by atoms with E-state index in [2.05, 4.69) is 21.2 Å². The van der Waals surface area contributed by atoms with Crippen LogP contribution in [0.4, 0.5) is 0 Å². The van der Waals surface area contributed by atoms with Crippen LogP contribution in [0.2, 0.25) is 0 Å². The molecule has 0 aliphatic heterocycles. The Hall–Kier alpha value is -2.25. The van der Waals surface area contributed by atoms with Crippen LogP contribution in [0.5, 0.6) is 0 Å². The van der Waals surface area contributed by atoms with Gasteiger partial charge in [-0.1, -0.05) is 46.3 Å². The van der Waals surface area contributed by atoms with E-state index in [1.54, 1.807) is 29.2 Å². The Bertz CT molecular complexity index is 766. The second kappa shape index (κ2) is 10.0. The van der Waals surface area contributed by atoms with Crippen molar-refractivity contribution in [2.45, 2.75) is 12.8 Å². The first-order valence-corrected chi connectivity index (χ1v) is 9.34. The normalized spacial score (nSPS) is 10.2. The summed E-state index contributed by atoms with van der Waals surface area (Å²) in [7, 11) is 0. The summed E-state index contributed by atoms with van der Waals surface area (Å²) in [5.74, 6) is -0.692. The molecule has 0 aromatic heterocycles. The molecule has 2 rings (SSSR count). The topological polar surface area (TPSA) is 75.4 Å². The van der Waals surface area contributed by atoms with E-state index in [0.717, 1.165) is 16.5 Å². The van der Waals surface area contributed by atoms with E-state index in [1.807, 2.05) is 30.3 Å². The maximum atomic E-state index is 12.4. The highest BCUT2D eigenvalue weighted by molar-refractivity contribution is 9.10. The molecule has 0 atom stereocenters. The summed E-state index contributed by atoms with van der Waals surface area (Å²) < 4.78 is 0.891. The van der Waals surface area contributed by atoms with Crippen molar-refractivity contribution in [3.8, 4) is 0 Å². The van der Waals surface area contributed by atoms with Crippen LogP contribution in [-0.4, -0.2) is 34.9 Å². The fraction of sp³-hybridized carbons (Fsp3) is 0.211. The number of amides is 2. The van der Waals surface area contributed by atoms with Gasteiger partial charge in [0.25, 0.3) is 5.91 Å². The van der Waals surface area contributed by atoms with E-state index in [0.29, 0.717) is 18.7 Å². The molecular formula is C19H20BrN3O2S. The highest BCUT2D eigenvalue weighted by atomic mass is 79.9. The molecule has 0 heterocycles. The van der Waals surface area contributed by atoms with Crippen LogP contribution in [0.3, 0.4) is 0 Å². The van der Waals surface area contributed by atoms with Crippen LogP contribution in [-0.2, 0) is 11.2 Å². The number of nitrogens with two attached hydrogens (primary N) is 1. The van der Waals surface area contributed by atoms with Crippen LogP contribution in [0.25, 0.3) is 0 Å². The van der Waals surface area contributed by atoms with E-state index >= 15 is 0 Å². The minimum atomic E-state index is -0.406. The number of carbonyl (C=O) groups is 2. The summed E-state index contributed by atoms with van der Waals surface area (Å²) in [6, 6.07) is 16.9. The molecule has 2 aromatic carbocycles. The molecule has 0 unspecified atom stereocenters. The average molecular weight is 434 g/mol. The molecule has 0 aliphatic rings. The van der Waals surface area contributed by atoms with Crippen LogP contribution in [0, 0.1) is 0 Å². The third-order valence-electron chi connectivity index (χ3n) is 3.76. The lowest BCUT2D eigenvalue weighted by Crippen LogP contribution is -2.44. The lowest BCUT2D eigenvalue weighted by Gasteiger charge is -2.25. The molecule has 5 nitrogen and oxygen atoms in total. The molecule has 0 bridgehead atoms. The number of hydrogen-bond acceptors (Lipinski definition) is 3. The highest BCUT2D eigenvalue weighted by Gasteiger charge is 2.15. The zero-order valence-corrected chi connectivity index (χ0v) is 16.6. The minimum absolute atomic E-state index is 0.170. The van der Waals surface area contributed by atoms with Gasteiger partial charge in [0.2, 0.25) is 5.91 Å². The first kappa shape index (κ1) is 20.1. The molecule has 0 aliphatic carbocycles. The highest BCUT2D eigenvalue weighted by Crippen LogP contribution is 2.10. The van der Waals surface area contributed by atoms with Crippen molar-refractivity contribution >= 4 is 45.1 Å². The van der Waals surface area contributed by atoms with Gasteiger partial charge in [-0.25, -0.2) is 0 Å². The van der Waals surface area contributed by atoms with E-state index in [9.17, 15) is 9.59 Å². The van der Waals surface area contributed by atoms with Gasteiger partial charge in [-0.05, 0) is 48.5 Å². The Kier molecular flexibility index (Phi) is 7.74. The molecule has 26 heavy (non-hydrogen) atoms. The lowest BCUT2D eigenvalue weighted by molar-refractivity contribution is -0.118. The summed E-state index contributed by atoms with van der Waals surface area (Å²) in [6.07, 6.45) is 0.914. The molecule has 2 amide bonds. The van der Waals surface area contributed by atoms with Crippen LogP contribution in [0.1, 0.15) is 22.3 Å². The van der Waals surface area contributed by atoms with Crippen molar-refractivity contribution in [1.29, 1.82) is 0 Å². The Balaban J connectivity index is 2.00. The molecule has 0 spiro atoms. The zero-order chi connectivity index (χ0) is 18.9. The van der Waals surface area contributed by atoms with Gasteiger partial charge in [-0.2, -0.15) is 0 Å². The smallest absolute Gasteiger partial charge is 0.257 e. The Morgan fingerprint density at radius 1 is 1.04 bits per heavy atom. The third-order valence-corrected chi connectivity index (χ3v) is 4.64. The number of primary amides is 1. The average Bonchev–Trinajstić information content (AvgIpc) is 2.62. The molecule has 136 valence electrons. The van der Waals surface area contributed by atoms with E-state index in [4.69, 9.17) is 18.0 Å². The van der Waals surface area contributed by atoms with Gasteiger partial charge in [-0.15, -0.1) is 0 Å². The van der Waals surface area contributed by atoms with E-state index < -0.39 is 5.91 Å². The largest absolute Gasteiger partial charge is 0.370 e. The summed E-state index contributed by atoms with van der Waals surface area (Å²) in [4.78, 5) is 25.3. The van der Waals surface area contributed by atoms with Crippen molar-refractivity contribution in [2.24, 2.45) is 5.73 Å². The maximum Gasteiger partial charge on any atom is 0.257 e. The van der Waals surface area contributed by atoms with Gasteiger partial charge in [-0.3, -0.25) is 14.9 Å². The molecule has 0 saturated carbocycles. The van der Waals surface area contributed by atoms with E-state index in [-0.39, 0.29) is 17.4 Å². The number of benzene rings is 2. The fourth-order valence-electron chi connectivity index (χ4n) is 2.32. The number of nitrogens with zero attached hydrogens (tertiary/aromatic N) is 1. The zero-order valence-electron chi connectivity index (χ0n) is 14.2. The number of nitrogens with one attached hydrogen (secondary N) is 1. The van der Waals surface area contributed by atoms with Crippen molar-refractivity contribution in [3.63, 3.8) is 0 Å². The van der Waals surface area contributed by atoms with Crippen LogP contribution in [0.15, 0.2) is 59.1 Å². The number of halogens is 1. The number of thiocarbonyl (C=S) groups is 1. The van der Waals surface area contributed by atoms with Crippen LogP contribution >= 0.6 is 28.1 Å². The first-order chi connectivity index (χ1) is 12.5. The van der Waals surface area contributed by atoms with Gasteiger partial charge >= 0.3 is 0 Å². The first-order valence-electron chi connectivity index (χ1n) is 8.14. The Labute approximate surface area is 166 Å². The van der Waals surface area contributed by atoms with Crippen LogP contribution < -0.4 is 11.1 Å². The predicted molar refractivity (Wildman–Crippen MR) is 110 cm³/mol. The van der Waals surface area contributed by atoms with Crippen molar-refractivity contribution in [1.82, 2.24) is 10.2 Å². The predicted octanol–water partition coefficient (Wildman–Crippen LogP) is 2.88. The quantitative estimate of drug-likeness (QED) is 0.658. The molecule has 7 heteroatoms. The fourth-order valence-corrected chi connectivity index (χ4v) is 2.86. The standard InChI is InChI=1S/C19H20BrN3O2S/c20-16-8-6-15(7-9-16)18(25)22-19(26)23(13-11-17(21)24)12-10-14-4-2-1-3-5-14/h1-9H,10-13H2,(H2,21,24)(H,22,25,26). The minimum Gasteiger partial charge on any atom is -0.370 e. The van der Waals surface area contributed by atoms with Gasteiger partial charge in [0.1, 0.15) is 0 Å². The Morgan fingerprint density at radius 3 is 2.31 bits per heavy atom. The summed E-state index contributed by atoms with van der Waals surface area (Å²) in [6.45, 7) is 0.943. The van der Waals surface area contributed by atoms with E-state index in [1.165, 1.54) is 0 Å². The maximum absolute atomic E-state index is 12.4. The molecule has 0 radical (unpaired) electrons. The molecule has 0 saturated heterocycles. The summed E-state index contributed by atoms with van der Waals surface area (Å²) in [5, 5.41) is 3.01. The third kappa shape index (κ3) is 6.57. The SMILES string of the molecule is NC(=O)CCN(CCc1ccccc1)C(=S)NC(=O)c1ccc(Br)cc1. The van der Waals surface area contributed by atoms with Crippen molar-refractivity contribution in [3.05, 3.63) is 70.2 Å². The van der Waals surface area contributed by atoms with Gasteiger partial charge in [0.05, 0.1) is 0 Å². The molecular weight excluding hydrogens is 414 g/mol. The van der Waals surface area contributed by atoms with Crippen molar-refractivity contribution < 1.29 is 9.59 Å². The van der Waals surface area contributed by atoms with Crippen molar-refractivity contribution in [2.75, 3.05) is 13.1 Å². The second-order valence-corrected chi connectivity index (χ2v) is 7.01. The molecule has 2 aromatic rings. The second-order valence-electron chi connectivity index (χ2n) is 5.71.